The molecule has 0 saturated carbocycles. The molecule has 0 aliphatic carbocycles. The van der Waals surface area contributed by atoms with Crippen molar-refractivity contribution in [1.29, 1.82) is 0 Å². The molecule has 5 heteroatoms. The molecule has 92 valence electrons. The Labute approximate surface area is 112 Å². The van der Waals surface area contributed by atoms with Crippen molar-refractivity contribution in [2.24, 2.45) is 5.73 Å². The summed E-state index contributed by atoms with van der Waals surface area (Å²) in [4.78, 5) is 14.2. The molecule has 0 aliphatic rings. The van der Waals surface area contributed by atoms with E-state index in [0.29, 0.717) is 35.1 Å². The van der Waals surface area contributed by atoms with E-state index in [1.807, 2.05) is 6.92 Å². The monoisotopic (exact) mass is 270 g/mol. The van der Waals surface area contributed by atoms with Gasteiger partial charge in [0, 0.05) is 30.1 Å². The highest BCUT2D eigenvalue weighted by Crippen LogP contribution is 2.13. The van der Waals surface area contributed by atoms with Gasteiger partial charge in [0.1, 0.15) is 0 Å². The molecule has 1 amide bonds. The maximum Gasteiger partial charge on any atom is 0.253 e. The fourth-order valence-electron chi connectivity index (χ4n) is 1.45. The Bertz CT molecular complexity index is 423. The maximum absolute atomic E-state index is 12.1. The van der Waals surface area contributed by atoms with Crippen LogP contribution in [0.4, 0.5) is 0 Å². The minimum Gasteiger partial charge on any atom is -0.393 e. The number of hydrogen-bond acceptors (Lipinski definition) is 2. The topological polar surface area (TPSA) is 46.3 Å². The number of hydrogen-bond donors (Lipinski definition) is 1. The van der Waals surface area contributed by atoms with Crippen molar-refractivity contribution in [2.75, 3.05) is 13.1 Å². The van der Waals surface area contributed by atoms with Crippen LogP contribution in [0.25, 0.3) is 0 Å². The van der Waals surface area contributed by atoms with E-state index in [2.05, 4.69) is 0 Å². The maximum atomic E-state index is 12.1. The molecule has 0 bridgehead atoms. The van der Waals surface area contributed by atoms with E-state index in [4.69, 9.17) is 29.6 Å². The van der Waals surface area contributed by atoms with Gasteiger partial charge < -0.3 is 10.6 Å². The first kappa shape index (κ1) is 13.9. The van der Waals surface area contributed by atoms with E-state index >= 15 is 0 Å². The van der Waals surface area contributed by atoms with Gasteiger partial charge in [-0.1, -0.05) is 29.9 Å². The first-order valence-corrected chi connectivity index (χ1v) is 6.16. The van der Waals surface area contributed by atoms with Gasteiger partial charge in [-0.05, 0) is 25.1 Å². The van der Waals surface area contributed by atoms with E-state index in [9.17, 15) is 4.79 Å². The van der Waals surface area contributed by atoms with Crippen molar-refractivity contribution in [3.05, 3.63) is 34.9 Å². The molecular weight excluding hydrogens is 256 g/mol. The molecule has 0 atom stereocenters. The minimum atomic E-state index is -0.0498. The molecule has 0 unspecified atom stereocenters. The zero-order valence-corrected chi connectivity index (χ0v) is 11.2. The normalized spacial score (nSPS) is 10.0. The summed E-state index contributed by atoms with van der Waals surface area (Å²) in [5.74, 6) is -0.0498. The molecule has 0 saturated heterocycles. The van der Waals surface area contributed by atoms with Crippen LogP contribution in [0.5, 0.6) is 0 Å². The number of halogens is 1. The van der Waals surface area contributed by atoms with Crippen molar-refractivity contribution >= 4 is 34.7 Å². The SMILES string of the molecule is CCN(CCC(N)=S)C(=O)c1cccc(Cl)c1. The van der Waals surface area contributed by atoms with Gasteiger partial charge >= 0.3 is 0 Å². The predicted molar refractivity (Wildman–Crippen MR) is 74.4 cm³/mol. The fourth-order valence-corrected chi connectivity index (χ4v) is 1.73. The molecule has 0 radical (unpaired) electrons. The van der Waals surface area contributed by atoms with E-state index in [0.717, 1.165) is 0 Å². The van der Waals surface area contributed by atoms with Gasteiger partial charge in [-0.15, -0.1) is 0 Å². The molecular formula is C12H15ClN2OS. The number of amides is 1. The molecule has 17 heavy (non-hydrogen) atoms. The number of nitrogens with two attached hydrogens (primary N) is 1. The Morgan fingerprint density at radius 3 is 2.76 bits per heavy atom. The van der Waals surface area contributed by atoms with Crippen LogP contribution in [-0.2, 0) is 0 Å². The second-order valence-electron chi connectivity index (χ2n) is 3.61. The van der Waals surface area contributed by atoms with Crippen LogP contribution in [0.15, 0.2) is 24.3 Å². The Balaban J connectivity index is 2.75. The van der Waals surface area contributed by atoms with Crippen molar-refractivity contribution in [2.45, 2.75) is 13.3 Å². The molecule has 1 aromatic rings. The lowest BCUT2D eigenvalue weighted by Crippen LogP contribution is -2.33. The van der Waals surface area contributed by atoms with Crippen molar-refractivity contribution in [3.8, 4) is 0 Å². The fraction of sp³-hybridized carbons (Fsp3) is 0.333. The lowest BCUT2D eigenvalue weighted by atomic mass is 10.2. The zero-order chi connectivity index (χ0) is 12.8. The Kier molecular flexibility index (Phi) is 5.38. The number of rotatable bonds is 5. The largest absolute Gasteiger partial charge is 0.393 e. The van der Waals surface area contributed by atoms with Crippen LogP contribution in [0.2, 0.25) is 5.02 Å². The molecule has 2 N–H and O–H groups in total. The summed E-state index contributed by atoms with van der Waals surface area (Å²) in [7, 11) is 0. The molecule has 0 heterocycles. The highest BCUT2D eigenvalue weighted by molar-refractivity contribution is 7.80. The Morgan fingerprint density at radius 1 is 1.53 bits per heavy atom. The molecule has 0 aliphatic heterocycles. The standard InChI is InChI=1S/C12H15ClN2OS/c1-2-15(7-6-11(14)17)12(16)9-4-3-5-10(13)8-9/h3-5,8H,2,6-7H2,1H3,(H2,14,17). The average Bonchev–Trinajstić information content (AvgIpc) is 2.29. The summed E-state index contributed by atoms with van der Waals surface area (Å²) in [6.45, 7) is 3.08. The molecule has 3 nitrogen and oxygen atoms in total. The van der Waals surface area contributed by atoms with Crippen LogP contribution in [0, 0.1) is 0 Å². The summed E-state index contributed by atoms with van der Waals surface area (Å²) >= 11 is 10.7. The second kappa shape index (κ2) is 6.57. The van der Waals surface area contributed by atoms with Crippen LogP contribution in [0.1, 0.15) is 23.7 Å². The average molecular weight is 271 g/mol. The van der Waals surface area contributed by atoms with E-state index in [-0.39, 0.29) is 5.91 Å². The first-order valence-electron chi connectivity index (χ1n) is 5.37. The second-order valence-corrected chi connectivity index (χ2v) is 4.57. The van der Waals surface area contributed by atoms with Crippen molar-refractivity contribution in [1.82, 2.24) is 4.90 Å². The Morgan fingerprint density at radius 2 is 2.24 bits per heavy atom. The van der Waals surface area contributed by atoms with Crippen LogP contribution in [-0.4, -0.2) is 28.9 Å². The number of benzene rings is 1. The van der Waals surface area contributed by atoms with Crippen molar-refractivity contribution < 1.29 is 4.79 Å². The molecule has 0 fully saturated rings. The third-order valence-electron chi connectivity index (χ3n) is 2.37. The van der Waals surface area contributed by atoms with Crippen LogP contribution in [0.3, 0.4) is 0 Å². The lowest BCUT2D eigenvalue weighted by molar-refractivity contribution is 0.0769. The highest BCUT2D eigenvalue weighted by Gasteiger charge is 2.14. The van der Waals surface area contributed by atoms with Crippen LogP contribution < -0.4 is 5.73 Å². The molecule has 0 spiro atoms. The highest BCUT2D eigenvalue weighted by atomic mass is 35.5. The third-order valence-corrected chi connectivity index (χ3v) is 2.81. The third kappa shape index (κ3) is 4.32. The predicted octanol–water partition coefficient (Wildman–Crippen LogP) is 2.48. The summed E-state index contributed by atoms with van der Waals surface area (Å²) in [5, 5.41) is 0.557. The van der Waals surface area contributed by atoms with Gasteiger partial charge in [0.2, 0.25) is 0 Å². The molecule has 1 rings (SSSR count). The Hall–Kier alpha value is -1.13. The van der Waals surface area contributed by atoms with Crippen LogP contribution >= 0.6 is 23.8 Å². The van der Waals surface area contributed by atoms with E-state index < -0.39 is 0 Å². The van der Waals surface area contributed by atoms with Gasteiger partial charge in [0.15, 0.2) is 0 Å². The summed E-state index contributed by atoms with van der Waals surface area (Å²) < 4.78 is 0. The van der Waals surface area contributed by atoms with Crippen molar-refractivity contribution in [3.63, 3.8) is 0 Å². The van der Waals surface area contributed by atoms with E-state index in [1.54, 1.807) is 29.2 Å². The van der Waals surface area contributed by atoms with Gasteiger partial charge in [-0.25, -0.2) is 0 Å². The number of carbonyl (C=O) groups excluding carboxylic acids is 1. The van der Waals surface area contributed by atoms with Gasteiger partial charge in [0.25, 0.3) is 5.91 Å². The number of thiocarbonyl (C=S) groups is 1. The first-order chi connectivity index (χ1) is 8.04. The van der Waals surface area contributed by atoms with Gasteiger partial charge in [0.05, 0.1) is 4.99 Å². The lowest BCUT2D eigenvalue weighted by Gasteiger charge is -2.20. The zero-order valence-electron chi connectivity index (χ0n) is 9.65. The van der Waals surface area contributed by atoms with Gasteiger partial charge in [-0.3, -0.25) is 4.79 Å². The quantitative estimate of drug-likeness (QED) is 0.836. The summed E-state index contributed by atoms with van der Waals surface area (Å²) in [6.07, 6.45) is 0.537. The number of nitrogens with zero attached hydrogens (tertiary/aromatic N) is 1. The summed E-state index contributed by atoms with van der Waals surface area (Å²) in [6, 6.07) is 6.91. The smallest absolute Gasteiger partial charge is 0.253 e. The molecule has 0 aromatic heterocycles. The minimum absolute atomic E-state index is 0.0498. The summed E-state index contributed by atoms with van der Waals surface area (Å²) in [5.41, 5.74) is 6.02. The van der Waals surface area contributed by atoms with E-state index in [1.165, 1.54) is 0 Å². The number of carbonyl (C=O) groups is 1. The van der Waals surface area contributed by atoms with Gasteiger partial charge in [-0.2, -0.15) is 0 Å². The molecule has 1 aromatic carbocycles.